The molecule has 0 bridgehead atoms. The molecule has 2 unspecified atom stereocenters. The van der Waals surface area contributed by atoms with Gasteiger partial charge in [0.25, 0.3) is 0 Å². The van der Waals surface area contributed by atoms with Crippen molar-refractivity contribution in [3.63, 3.8) is 0 Å². The Morgan fingerprint density at radius 2 is 1.69 bits per heavy atom. The summed E-state index contributed by atoms with van der Waals surface area (Å²) in [5, 5.41) is 0. The van der Waals surface area contributed by atoms with Gasteiger partial charge in [0, 0.05) is 5.54 Å². The molecule has 2 N–H and O–H groups in total. The predicted molar refractivity (Wildman–Crippen MR) is 70.3 cm³/mol. The fourth-order valence-corrected chi connectivity index (χ4v) is 4.12. The maximum absolute atomic E-state index is 6.76. The third-order valence-corrected chi connectivity index (χ3v) is 5.38. The predicted octanol–water partition coefficient (Wildman–Crippen LogP) is 4.11. The fraction of sp³-hybridized carbons (Fsp3) is 1.00. The van der Waals surface area contributed by atoms with Crippen LogP contribution in [0.25, 0.3) is 0 Å². The first-order chi connectivity index (χ1) is 7.65. The number of hydrogen-bond acceptors (Lipinski definition) is 1. The van der Waals surface area contributed by atoms with E-state index in [2.05, 4.69) is 13.8 Å². The van der Waals surface area contributed by atoms with Gasteiger partial charge in [0.2, 0.25) is 0 Å². The number of hydrogen-bond donors (Lipinski definition) is 1. The molecule has 2 atom stereocenters. The largest absolute Gasteiger partial charge is 0.325 e. The van der Waals surface area contributed by atoms with E-state index in [1.54, 1.807) is 0 Å². The fourth-order valence-electron chi connectivity index (χ4n) is 4.12. The van der Waals surface area contributed by atoms with Crippen molar-refractivity contribution in [3.8, 4) is 0 Å². The van der Waals surface area contributed by atoms with E-state index < -0.39 is 0 Å². The summed E-state index contributed by atoms with van der Waals surface area (Å²) in [6.07, 6.45) is 12.4. The normalized spacial score (nSPS) is 45.6. The number of rotatable bonds is 2. The summed E-state index contributed by atoms with van der Waals surface area (Å²) >= 11 is 0. The van der Waals surface area contributed by atoms with E-state index >= 15 is 0 Å². The molecular formula is C15H29N. The van der Waals surface area contributed by atoms with Gasteiger partial charge < -0.3 is 5.73 Å². The van der Waals surface area contributed by atoms with E-state index in [-0.39, 0.29) is 5.54 Å². The quantitative estimate of drug-likeness (QED) is 0.749. The van der Waals surface area contributed by atoms with Crippen LogP contribution in [0.1, 0.15) is 71.6 Å². The summed E-state index contributed by atoms with van der Waals surface area (Å²) in [6, 6.07) is 0. The van der Waals surface area contributed by atoms with Gasteiger partial charge in [-0.25, -0.2) is 0 Å². The van der Waals surface area contributed by atoms with Crippen LogP contribution in [0.15, 0.2) is 0 Å². The van der Waals surface area contributed by atoms with Crippen molar-refractivity contribution in [3.05, 3.63) is 0 Å². The molecule has 0 amide bonds. The Balaban J connectivity index is 2.03. The van der Waals surface area contributed by atoms with Gasteiger partial charge >= 0.3 is 0 Å². The van der Waals surface area contributed by atoms with Crippen molar-refractivity contribution in [2.75, 3.05) is 0 Å². The Morgan fingerprint density at radius 3 is 2.31 bits per heavy atom. The zero-order chi connectivity index (χ0) is 11.6. The Hall–Kier alpha value is -0.0400. The van der Waals surface area contributed by atoms with Crippen molar-refractivity contribution in [1.82, 2.24) is 0 Å². The van der Waals surface area contributed by atoms with Crippen LogP contribution in [0.3, 0.4) is 0 Å². The molecule has 0 heterocycles. The molecule has 2 aliphatic carbocycles. The smallest absolute Gasteiger partial charge is 0.0185 e. The standard InChI is InChI=1S/C15H29N/c1-3-13-6-4-5-7-14(13)15(16)10-8-12(2)9-11-15/h12-14H,3-11,16H2,1-2H3. The van der Waals surface area contributed by atoms with E-state index in [4.69, 9.17) is 5.73 Å². The molecule has 0 spiro atoms. The van der Waals surface area contributed by atoms with Crippen molar-refractivity contribution >= 4 is 0 Å². The monoisotopic (exact) mass is 223 g/mol. The van der Waals surface area contributed by atoms with Crippen LogP contribution in [0.2, 0.25) is 0 Å². The zero-order valence-electron chi connectivity index (χ0n) is 11.2. The van der Waals surface area contributed by atoms with E-state index in [0.717, 1.165) is 17.8 Å². The highest BCUT2D eigenvalue weighted by Gasteiger charge is 2.41. The second-order valence-electron chi connectivity index (χ2n) is 6.47. The van der Waals surface area contributed by atoms with Crippen LogP contribution < -0.4 is 5.73 Å². The van der Waals surface area contributed by atoms with Gasteiger partial charge in [-0.2, -0.15) is 0 Å². The van der Waals surface area contributed by atoms with Crippen molar-refractivity contribution in [2.45, 2.75) is 77.2 Å². The van der Waals surface area contributed by atoms with Crippen molar-refractivity contribution in [2.24, 2.45) is 23.5 Å². The van der Waals surface area contributed by atoms with Gasteiger partial charge in [-0.1, -0.05) is 39.5 Å². The highest BCUT2D eigenvalue weighted by atomic mass is 14.8. The van der Waals surface area contributed by atoms with Crippen molar-refractivity contribution in [1.29, 1.82) is 0 Å². The summed E-state index contributed by atoms with van der Waals surface area (Å²) in [7, 11) is 0. The summed E-state index contributed by atoms with van der Waals surface area (Å²) in [5.41, 5.74) is 6.96. The highest BCUT2D eigenvalue weighted by Crippen LogP contribution is 2.45. The maximum Gasteiger partial charge on any atom is 0.0185 e. The van der Waals surface area contributed by atoms with Crippen LogP contribution in [0.4, 0.5) is 0 Å². The molecule has 94 valence electrons. The topological polar surface area (TPSA) is 26.0 Å². The first-order valence-corrected chi connectivity index (χ1v) is 7.44. The molecule has 1 heteroatoms. The average molecular weight is 223 g/mol. The molecule has 0 saturated heterocycles. The first-order valence-electron chi connectivity index (χ1n) is 7.44. The molecule has 0 radical (unpaired) electrons. The van der Waals surface area contributed by atoms with Crippen molar-refractivity contribution < 1.29 is 0 Å². The van der Waals surface area contributed by atoms with Gasteiger partial charge in [-0.15, -0.1) is 0 Å². The molecule has 2 saturated carbocycles. The van der Waals surface area contributed by atoms with Gasteiger partial charge in [0.1, 0.15) is 0 Å². The minimum absolute atomic E-state index is 0.202. The van der Waals surface area contributed by atoms with Gasteiger partial charge in [-0.3, -0.25) is 0 Å². The van der Waals surface area contributed by atoms with Crippen LogP contribution >= 0.6 is 0 Å². The molecule has 16 heavy (non-hydrogen) atoms. The molecule has 0 aromatic rings. The lowest BCUT2D eigenvalue weighted by atomic mass is 9.62. The zero-order valence-corrected chi connectivity index (χ0v) is 11.2. The molecule has 0 aliphatic heterocycles. The molecule has 2 rings (SSSR count). The molecular weight excluding hydrogens is 194 g/mol. The Bertz CT molecular complexity index is 215. The molecule has 1 nitrogen and oxygen atoms in total. The summed E-state index contributed by atoms with van der Waals surface area (Å²) in [4.78, 5) is 0. The second-order valence-corrected chi connectivity index (χ2v) is 6.47. The van der Waals surface area contributed by atoms with Gasteiger partial charge in [0.15, 0.2) is 0 Å². The SMILES string of the molecule is CCC1CCCCC1C1(N)CCC(C)CC1. The third kappa shape index (κ3) is 2.45. The number of nitrogens with two attached hydrogens (primary N) is 1. The van der Waals surface area contributed by atoms with E-state index in [1.165, 1.54) is 57.8 Å². The Morgan fingerprint density at radius 1 is 1.06 bits per heavy atom. The Labute approximate surface area is 101 Å². The van der Waals surface area contributed by atoms with Gasteiger partial charge in [0.05, 0.1) is 0 Å². The maximum atomic E-state index is 6.76. The molecule has 0 aromatic carbocycles. The molecule has 0 aromatic heterocycles. The summed E-state index contributed by atoms with van der Waals surface area (Å²) in [5.74, 6) is 2.67. The van der Waals surface area contributed by atoms with E-state index in [0.29, 0.717) is 0 Å². The second kappa shape index (κ2) is 5.08. The van der Waals surface area contributed by atoms with E-state index in [9.17, 15) is 0 Å². The lowest BCUT2D eigenvalue weighted by molar-refractivity contribution is 0.0832. The molecule has 2 fully saturated rings. The minimum Gasteiger partial charge on any atom is -0.325 e. The van der Waals surface area contributed by atoms with Crippen LogP contribution in [-0.4, -0.2) is 5.54 Å². The summed E-state index contributed by atoms with van der Waals surface area (Å²) < 4.78 is 0. The lowest BCUT2D eigenvalue weighted by Crippen LogP contribution is -2.52. The third-order valence-electron chi connectivity index (χ3n) is 5.38. The Kier molecular flexibility index (Phi) is 3.94. The molecule has 2 aliphatic rings. The first kappa shape index (κ1) is 12.4. The lowest BCUT2D eigenvalue weighted by Gasteiger charge is -2.47. The highest BCUT2D eigenvalue weighted by molar-refractivity contribution is 4.98. The van der Waals surface area contributed by atoms with Crippen LogP contribution in [0.5, 0.6) is 0 Å². The van der Waals surface area contributed by atoms with Crippen LogP contribution in [0, 0.1) is 17.8 Å². The van der Waals surface area contributed by atoms with E-state index in [1.807, 2.05) is 0 Å². The minimum atomic E-state index is 0.202. The average Bonchev–Trinajstić information content (AvgIpc) is 2.33. The van der Waals surface area contributed by atoms with Crippen LogP contribution in [-0.2, 0) is 0 Å². The van der Waals surface area contributed by atoms with Gasteiger partial charge in [-0.05, 0) is 49.9 Å². The summed E-state index contributed by atoms with van der Waals surface area (Å²) in [6.45, 7) is 4.75.